The third kappa shape index (κ3) is 3.29. The van der Waals surface area contributed by atoms with Crippen LogP contribution in [0.2, 0.25) is 0 Å². The number of benzene rings is 1. The van der Waals surface area contributed by atoms with Crippen LogP contribution in [0.15, 0.2) is 33.6 Å². The highest BCUT2D eigenvalue weighted by Crippen LogP contribution is 2.09. The molecule has 108 valence electrons. The number of aromatic nitrogens is 1. The predicted molar refractivity (Wildman–Crippen MR) is 78.0 cm³/mol. The van der Waals surface area contributed by atoms with E-state index in [-0.39, 0.29) is 0 Å². The van der Waals surface area contributed by atoms with E-state index in [9.17, 15) is 9.59 Å². The summed E-state index contributed by atoms with van der Waals surface area (Å²) >= 11 is 0. The van der Waals surface area contributed by atoms with E-state index in [1.165, 1.54) is 0 Å². The molecule has 0 aliphatic rings. The maximum Gasteiger partial charge on any atom is 0.358 e. The molecule has 2 aromatic rings. The molecule has 1 aromatic heterocycles. The number of nitrogens with zero attached hydrogens (tertiary/aromatic N) is 1. The molecule has 0 atom stereocenters. The van der Waals surface area contributed by atoms with Gasteiger partial charge in [-0.2, -0.15) is 0 Å². The number of carbonyl (C=O) groups excluding carboxylic acids is 1. The summed E-state index contributed by atoms with van der Waals surface area (Å²) in [4.78, 5) is 23.8. The van der Waals surface area contributed by atoms with E-state index >= 15 is 0 Å². The number of hydrogen-bond acceptors (Lipinski definition) is 3. The number of hydrogen-bond donors (Lipinski definition) is 1. The van der Waals surface area contributed by atoms with Gasteiger partial charge in [0.05, 0.1) is 5.39 Å². The number of para-hydroxylation sites is 1. The van der Waals surface area contributed by atoms with Crippen LogP contribution in [-0.4, -0.2) is 17.3 Å². The van der Waals surface area contributed by atoms with Gasteiger partial charge in [0.25, 0.3) is 5.56 Å². The van der Waals surface area contributed by atoms with Crippen LogP contribution in [0.25, 0.3) is 11.0 Å². The highest BCUT2D eigenvalue weighted by atomic mass is 16.5. The molecule has 1 amide bonds. The van der Waals surface area contributed by atoms with Crippen molar-refractivity contribution in [3.05, 3.63) is 34.6 Å². The Morgan fingerprint density at radius 1 is 1.30 bits per heavy atom. The van der Waals surface area contributed by atoms with Gasteiger partial charge in [-0.15, -0.1) is 0 Å². The Labute approximate surface area is 117 Å². The van der Waals surface area contributed by atoms with Gasteiger partial charge in [0.15, 0.2) is 5.58 Å². The van der Waals surface area contributed by atoms with Crippen LogP contribution >= 0.6 is 0 Å². The first-order chi connectivity index (χ1) is 9.59. The second-order valence-corrected chi connectivity index (χ2v) is 5.31. The maximum absolute atomic E-state index is 12.0. The van der Waals surface area contributed by atoms with E-state index in [2.05, 4.69) is 19.2 Å². The second kappa shape index (κ2) is 6.41. The molecule has 0 fully saturated rings. The van der Waals surface area contributed by atoms with Gasteiger partial charge >= 0.3 is 6.03 Å². The monoisotopic (exact) mass is 276 g/mol. The maximum atomic E-state index is 12.0. The summed E-state index contributed by atoms with van der Waals surface area (Å²) in [5.41, 5.74) is 0.00716. The van der Waals surface area contributed by atoms with Crippen LogP contribution in [-0.2, 0) is 0 Å². The number of unbranched alkanes of at least 4 members (excludes halogenated alkanes) is 1. The molecule has 1 heterocycles. The molecular weight excluding hydrogens is 256 g/mol. The smallest absolute Gasteiger partial charge is 0.358 e. The lowest BCUT2D eigenvalue weighted by Crippen LogP contribution is -2.34. The van der Waals surface area contributed by atoms with Gasteiger partial charge in [0.1, 0.15) is 0 Å². The zero-order chi connectivity index (χ0) is 14.5. The Bertz CT molecular complexity index is 640. The molecule has 1 N–H and O–H groups in total. The Morgan fingerprint density at radius 3 is 2.75 bits per heavy atom. The van der Waals surface area contributed by atoms with Crippen molar-refractivity contribution in [3.8, 4) is 0 Å². The number of rotatable bonds is 5. The minimum Gasteiger partial charge on any atom is -0.366 e. The Hall–Kier alpha value is -2.04. The van der Waals surface area contributed by atoms with Crippen molar-refractivity contribution in [1.29, 1.82) is 0 Å². The SMILES string of the molecule is CC(C)CCCCNC(=O)n1oc2ccccc2c1=O. The summed E-state index contributed by atoms with van der Waals surface area (Å²) in [6.07, 6.45) is 3.10. The summed E-state index contributed by atoms with van der Waals surface area (Å²) in [5.74, 6) is 0.670. The van der Waals surface area contributed by atoms with Crippen molar-refractivity contribution < 1.29 is 9.32 Å². The molecule has 0 saturated carbocycles. The Kier molecular flexibility index (Phi) is 4.61. The largest absolute Gasteiger partial charge is 0.366 e. The molecule has 0 unspecified atom stereocenters. The number of carbonyl (C=O) groups is 1. The lowest BCUT2D eigenvalue weighted by molar-refractivity contribution is 0.213. The fraction of sp³-hybridized carbons (Fsp3) is 0.467. The molecule has 0 spiro atoms. The summed E-state index contributed by atoms with van der Waals surface area (Å²) in [6.45, 7) is 4.90. The first-order valence-electron chi connectivity index (χ1n) is 6.99. The van der Waals surface area contributed by atoms with Crippen LogP contribution in [0.3, 0.4) is 0 Å². The van der Waals surface area contributed by atoms with Crippen molar-refractivity contribution in [2.45, 2.75) is 33.1 Å². The number of fused-ring (bicyclic) bond motifs is 1. The van der Waals surface area contributed by atoms with Crippen molar-refractivity contribution in [3.63, 3.8) is 0 Å². The number of nitrogens with one attached hydrogen (secondary N) is 1. The van der Waals surface area contributed by atoms with Crippen LogP contribution in [0, 0.1) is 5.92 Å². The van der Waals surface area contributed by atoms with Gasteiger partial charge in [-0.05, 0) is 24.5 Å². The van der Waals surface area contributed by atoms with Crippen LogP contribution in [0.4, 0.5) is 4.79 Å². The third-order valence-electron chi connectivity index (χ3n) is 3.16. The number of amides is 1. The van der Waals surface area contributed by atoms with E-state index < -0.39 is 11.6 Å². The molecule has 0 radical (unpaired) electrons. The quantitative estimate of drug-likeness (QED) is 0.854. The van der Waals surface area contributed by atoms with Gasteiger partial charge in [0.2, 0.25) is 0 Å². The highest BCUT2D eigenvalue weighted by molar-refractivity contribution is 5.82. The van der Waals surface area contributed by atoms with Crippen LogP contribution in [0.5, 0.6) is 0 Å². The molecule has 5 heteroatoms. The second-order valence-electron chi connectivity index (χ2n) is 5.31. The summed E-state index contributed by atoms with van der Waals surface area (Å²) in [6, 6.07) is 6.32. The predicted octanol–water partition coefficient (Wildman–Crippen LogP) is 2.98. The van der Waals surface area contributed by atoms with E-state index in [1.54, 1.807) is 24.3 Å². The van der Waals surface area contributed by atoms with Crippen molar-refractivity contribution in [2.24, 2.45) is 5.92 Å². The van der Waals surface area contributed by atoms with Gasteiger partial charge in [-0.25, -0.2) is 4.79 Å². The van der Waals surface area contributed by atoms with Gasteiger partial charge in [-0.3, -0.25) is 4.79 Å². The van der Waals surface area contributed by atoms with Gasteiger partial charge in [-0.1, -0.05) is 43.6 Å². The van der Waals surface area contributed by atoms with Crippen LogP contribution < -0.4 is 10.9 Å². The van der Waals surface area contributed by atoms with Crippen LogP contribution in [0.1, 0.15) is 33.1 Å². The first-order valence-corrected chi connectivity index (χ1v) is 6.99. The lowest BCUT2D eigenvalue weighted by Gasteiger charge is -2.05. The summed E-state index contributed by atoms with van der Waals surface area (Å²) in [5, 5.41) is 3.12. The summed E-state index contributed by atoms with van der Waals surface area (Å²) in [7, 11) is 0. The molecule has 0 aliphatic carbocycles. The Morgan fingerprint density at radius 2 is 2.05 bits per heavy atom. The lowest BCUT2D eigenvalue weighted by atomic mass is 10.1. The molecule has 0 aliphatic heterocycles. The van der Waals surface area contributed by atoms with Gasteiger partial charge in [0, 0.05) is 6.54 Å². The Balaban J connectivity index is 1.95. The van der Waals surface area contributed by atoms with Crippen molar-refractivity contribution in [2.75, 3.05) is 6.54 Å². The highest BCUT2D eigenvalue weighted by Gasteiger charge is 2.14. The third-order valence-corrected chi connectivity index (χ3v) is 3.16. The molecule has 1 aromatic carbocycles. The van der Waals surface area contributed by atoms with E-state index in [0.29, 0.717) is 23.4 Å². The first kappa shape index (κ1) is 14.4. The minimum atomic E-state index is -0.504. The standard InChI is InChI=1S/C15H20N2O3/c1-11(2)7-5-6-10-16-15(19)17-14(18)12-8-3-4-9-13(12)20-17/h3-4,8-9,11H,5-7,10H2,1-2H3,(H,16,19). The van der Waals surface area contributed by atoms with E-state index in [1.807, 2.05) is 0 Å². The molecular formula is C15H20N2O3. The average Bonchev–Trinajstić information content (AvgIpc) is 2.76. The molecule has 0 saturated heterocycles. The van der Waals surface area contributed by atoms with E-state index in [4.69, 9.17) is 4.52 Å². The van der Waals surface area contributed by atoms with E-state index in [0.717, 1.165) is 24.0 Å². The molecule has 5 nitrogen and oxygen atoms in total. The zero-order valence-electron chi connectivity index (χ0n) is 11.9. The molecule has 2 rings (SSSR count). The molecule has 0 bridgehead atoms. The topological polar surface area (TPSA) is 64.2 Å². The normalized spacial score (nSPS) is 11.2. The average molecular weight is 276 g/mol. The van der Waals surface area contributed by atoms with Crippen molar-refractivity contribution >= 4 is 17.0 Å². The minimum absolute atomic E-state index is 0.416. The fourth-order valence-electron chi connectivity index (χ4n) is 2.05. The zero-order valence-corrected chi connectivity index (χ0v) is 11.9. The summed E-state index contributed by atoms with van der Waals surface area (Å²) < 4.78 is 6.03. The fourth-order valence-corrected chi connectivity index (χ4v) is 2.05. The van der Waals surface area contributed by atoms with Gasteiger partial charge < -0.3 is 9.84 Å². The molecule has 20 heavy (non-hydrogen) atoms. The van der Waals surface area contributed by atoms with Crippen molar-refractivity contribution in [1.82, 2.24) is 10.1 Å².